The van der Waals surface area contributed by atoms with Gasteiger partial charge in [0, 0.05) is 7.11 Å². The van der Waals surface area contributed by atoms with Crippen molar-refractivity contribution < 1.29 is 28.5 Å². The molecule has 1 heterocycles. The molecule has 2 aromatic rings. The van der Waals surface area contributed by atoms with Gasteiger partial charge in [0.2, 0.25) is 0 Å². The summed E-state index contributed by atoms with van der Waals surface area (Å²) in [7, 11) is 0.518. The molecule has 0 radical (unpaired) electrons. The van der Waals surface area contributed by atoms with E-state index in [1.165, 1.54) is 7.11 Å². The maximum absolute atomic E-state index is 9.77. The average molecular weight is 383 g/mol. The number of nitriles is 1. The van der Waals surface area contributed by atoms with Gasteiger partial charge in [-0.2, -0.15) is 5.26 Å². The van der Waals surface area contributed by atoms with E-state index in [1.54, 1.807) is 31.2 Å². The van der Waals surface area contributed by atoms with E-state index in [0.717, 1.165) is 11.1 Å². The molecule has 0 aromatic heterocycles. The van der Waals surface area contributed by atoms with Crippen LogP contribution in [0.2, 0.25) is 0 Å². The highest BCUT2D eigenvalue weighted by atomic mass is 16.8. The molecule has 0 saturated carbocycles. The molecule has 1 N–H and O–H groups in total. The van der Waals surface area contributed by atoms with Gasteiger partial charge in [0.25, 0.3) is 0 Å². The number of hydrogen-bond acceptors (Lipinski definition) is 7. The summed E-state index contributed by atoms with van der Waals surface area (Å²) in [6.45, 7) is 4.01. The summed E-state index contributed by atoms with van der Waals surface area (Å²) in [6.07, 6.45) is -2.04. The van der Waals surface area contributed by atoms with Crippen molar-refractivity contribution in [2.75, 3.05) is 7.11 Å². The van der Waals surface area contributed by atoms with E-state index in [2.05, 4.69) is 6.07 Å². The van der Waals surface area contributed by atoms with Crippen LogP contribution in [0.15, 0.2) is 42.5 Å². The molecule has 1 aliphatic heterocycles. The van der Waals surface area contributed by atoms with Crippen LogP contribution >= 0.6 is 0 Å². The normalized spacial score (nSPS) is 20.0. The van der Waals surface area contributed by atoms with Crippen molar-refractivity contribution in [3.8, 4) is 17.6 Å². The van der Waals surface area contributed by atoms with Gasteiger partial charge in [0.05, 0.1) is 24.3 Å². The minimum absolute atomic E-state index is 0.254. The Morgan fingerprint density at radius 2 is 1.89 bits per heavy atom. The zero-order valence-electron chi connectivity index (χ0n) is 16.0. The quantitative estimate of drug-likeness (QED) is 0.581. The molecule has 28 heavy (non-hydrogen) atoms. The van der Waals surface area contributed by atoms with Gasteiger partial charge in [0.1, 0.15) is 17.6 Å². The van der Waals surface area contributed by atoms with E-state index < -0.39 is 19.7 Å². The third-order valence-electron chi connectivity index (χ3n) is 4.49. The number of aliphatic hydroxyl groups is 1. The summed E-state index contributed by atoms with van der Waals surface area (Å²) in [5.41, 5.74) is 2.53. The molecule has 3 atom stereocenters. The van der Waals surface area contributed by atoms with Crippen LogP contribution in [0.1, 0.15) is 23.6 Å². The number of aliphatic hydroxyl groups excluding tert-OH is 1. The van der Waals surface area contributed by atoms with Gasteiger partial charge in [0.15, 0.2) is 6.29 Å². The zero-order chi connectivity index (χ0) is 20.1. The van der Waals surface area contributed by atoms with E-state index in [0.29, 0.717) is 17.1 Å². The average Bonchev–Trinajstić information content (AvgIpc) is 3.09. The Morgan fingerprint density at radius 1 is 1.18 bits per heavy atom. The maximum atomic E-state index is 9.77. The molecule has 0 aliphatic carbocycles. The molecular weight excluding hydrogens is 361 g/mol. The van der Waals surface area contributed by atoms with E-state index >= 15 is 0 Å². The van der Waals surface area contributed by atoms with Crippen LogP contribution in [0, 0.1) is 18.3 Å². The lowest BCUT2D eigenvalue weighted by Crippen LogP contribution is -2.35. The number of aryl methyl sites for hydroxylation is 1. The number of benzene rings is 2. The Bertz CT molecular complexity index is 838. The third kappa shape index (κ3) is 4.90. The number of methoxy groups -OCH3 is 1. The second kappa shape index (κ2) is 9.19. The summed E-state index contributed by atoms with van der Waals surface area (Å²) in [6, 6.07) is 14.7. The minimum Gasteiger partial charge on any atom is -0.457 e. The first-order valence-corrected chi connectivity index (χ1v) is 8.91. The van der Waals surface area contributed by atoms with Crippen LogP contribution in [0.25, 0.3) is 0 Å². The van der Waals surface area contributed by atoms with Gasteiger partial charge in [-0.3, -0.25) is 0 Å². The van der Waals surface area contributed by atoms with Gasteiger partial charge >= 0.3 is 7.32 Å². The summed E-state index contributed by atoms with van der Waals surface area (Å²) in [5, 5.41) is 18.6. The number of ether oxygens (including phenoxy) is 2. The highest BCUT2D eigenvalue weighted by Gasteiger charge is 2.43. The van der Waals surface area contributed by atoms with E-state index in [1.807, 2.05) is 25.1 Å². The fourth-order valence-corrected chi connectivity index (χ4v) is 2.79. The number of rotatable bonds is 7. The largest absolute Gasteiger partial charge is 0.640 e. The van der Waals surface area contributed by atoms with Crippen LogP contribution in [-0.4, -0.2) is 38.0 Å². The fraction of sp³-hybridized carbons (Fsp3) is 0.350. The smallest absolute Gasteiger partial charge is 0.457 e. The first-order chi connectivity index (χ1) is 13.5. The highest BCUT2D eigenvalue weighted by Crippen LogP contribution is 2.26. The van der Waals surface area contributed by atoms with Crippen molar-refractivity contribution in [2.24, 2.45) is 0 Å². The standard InChI is InChI=1S/C20H22BNO6/c1-13-4-7-18(26-17-8-5-15(11-22)6-9-17)10-16(13)12-25-21-27-14(2)19(28-21)20(23)24-3/h4-10,14,19-20,23H,12H2,1-3H3/t14?,19-,20-/m0/s1. The third-order valence-corrected chi connectivity index (χ3v) is 4.49. The Balaban J connectivity index is 1.61. The molecule has 1 fully saturated rings. The Morgan fingerprint density at radius 3 is 2.57 bits per heavy atom. The SMILES string of the molecule is CO[C@H](O)[C@H]1OB(OCc2cc(Oc3ccc(C#N)cc3)ccc2C)OC1C. The van der Waals surface area contributed by atoms with Crippen molar-refractivity contribution >= 4 is 7.32 Å². The van der Waals surface area contributed by atoms with Crippen LogP contribution in [0.4, 0.5) is 0 Å². The molecule has 2 aromatic carbocycles. The molecule has 0 spiro atoms. The highest BCUT2D eigenvalue weighted by molar-refractivity contribution is 6.37. The van der Waals surface area contributed by atoms with Crippen molar-refractivity contribution in [2.45, 2.75) is 39.0 Å². The topological polar surface area (TPSA) is 90.2 Å². The zero-order valence-corrected chi connectivity index (χ0v) is 16.0. The summed E-state index contributed by atoms with van der Waals surface area (Å²) in [5.74, 6) is 1.30. The lowest BCUT2D eigenvalue weighted by Gasteiger charge is -2.18. The van der Waals surface area contributed by atoms with E-state index in [-0.39, 0.29) is 12.7 Å². The van der Waals surface area contributed by atoms with Crippen molar-refractivity contribution in [1.82, 2.24) is 0 Å². The Kier molecular flexibility index (Phi) is 6.67. The van der Waals surface area contributed by atoms with Crippen LogP contribution < -0.4 is 4.74 Å². The lowest BCUT2D eigenvalue weighted by atomic mass is 10.1. The molecule has 8 heteroatoms. The summed E-state index contributed by atoms with van der Waals surface area (Å²) < 4.78 is 27.6. The van der Waals surface area contributed by atoms with Gasteiger partial charge in [-0.15, -0.1) is 0 Å². The second-order valence-electron chi connectivity index (χ2n) is 6.49. The van der Waals surface area contributed by atoms with Gasteiger partial charge in [-0.25, -0.2) is 0 Å². The fourth-order valence-electron chi connectivity index (χ4n) is 2.79. The second-order valence-corrected chi connectivity index (χ2v) is 6.49. The van der Waals surface area contributed by atoms with Crippen molar-refractivity contribution in [3.63, 3.8) is 0 Å². The predicted octanol–water partition coefficient (Wildman–Crippen LogP) is 2.93. The van der Waals surface area contributed by atoms with Crippen LogP contribution in [-0.2, 0) is 25.3 Å². The molecule has 1 unspecified atom stereocenters. The lowest BCUT2D eigenvalue weighted by molar-refractivity contribution is -0.141. The van der Waals surface area contributed by atoms with Crippen LogP contribution in [0.3, 0.4) is 0 Å². The minimum atomic E-state index is -1.07. The molecule has 146 valence electrons. The number of nitrogens with zero attached hydrogens (tertiary/aromatic N) is 1. The van der Waals surface area contributed by atoms with Crippen LogP contribution in [0.5, 0.6) is 11.5 Å². The monoisotopic (exact) mass is 383 g/mol. The summed E-state index contributed by atoms with van der Waals surface area (Å²) in [4.78, 5) is 0. The van der Waals surface area contributed by atoms with E-state index in [9.17, 15) is 5.11 Å². The molecule has 1 saturated heterocycles. The van der Waals surface area contributed by atoms with Gasteiger partial charge < -0.3 is 28.5 Å². The molecule has 1 aliphatic rings. The van der Waals surface area contributed by atoms with Gasteiger partial charge in [-0.05, 0) is 61.4 Å². The predicted molar refractivity (Wildman–Crippen MR) is 101 cm³/mol. The van der Waals surface area contributed by atoms with Gasteiger partial charge in [-0.1, -0.05) is 6.07 Å². The van der Waals surface area contributed by atoms with Crippen molar-refractivity contribution in [1.29, 1.82) is 5.26 Å². The first-order valence-electron chi connectivity index (χ1n) is 8.91. The Labute approximate surface area is 164 Å². The molecular formula is C20H22BNO6. The molecule has 0 bridgehead atoms. The van der Waals surface area contributed by atoms with E-state index in [4.69, 9.17) is 28.7 Å². The molecule has 3 rings (SSSR count). The summed E-state index contributed by atoms with van der Waals surface area (Å²) >= 11 is 0. The van der Waals surface area contributed by atoms with Crippen molar-refractivity contribution in [3.05, 3.63) is 59.2 Å². The molecule has 7 nitrogen and oxygen atoms in total. The maximum Gasteiger partial charge on any atom is 0.640 e. The first kappa shape index (κ1) is 20.3. The number of hydrogen-bond donors (Lipinski definition) is 1. The Hall–Kier alpha value is -2.41. The molecule has 0 amide bonds.